The summed E-state index contributed by atoms with van der Waals surface area (Å²) >= 11 is 0. The van der Waals surface area contributed by atoms with E-state index in [1.165, 1.54) is 0 Å². The Kier molecular flexibility index (Phi) is 5.57. The second-order valence-corrected chi connectivity index (χ2v) is 8.02. The van der Waals surface area contributed by atoms with E-state index in [1.807, 2.05) is 48.4 Å². The van der Waals surface area contributed by atoms with Crippen molar-refractivity contribution < 1.29 is 14.1 Å². The highest BCUT2D eigenvalue weighted by atomic mass is 16.5. The van der Waals surface area contributed by atoms with Crippen LogP contribution in [-0.2, 0) is 22.6 Å². The molecular formula is C22H27N5O3. The number of hydrogen-bond donors (Lipinski definition) is 1. The zero-order chi connectivity index (χ0) is 21.3. The van der Waals surface area contributed by atoms with Crippen molar-refractivity contribution in [3.63, 3.8) is 0 Å². The lowest BCUT2D eigenvalue weighted by Gasteiger charge is -2.21. The minimum atomic E-state index is -0.0464. The zero-order valence-corrected chi connectivity index (χ0v) is 17.6. The van der Waals surface area contributed by atoms with Gasteiger partial charge in [-0.25, -0.2) is 4.98 Å². The Labute approximate surface area is 175 Å². The van der Waals surface area contributed by atoms with E-state index in [-0.39, 0.29) is 24.3 Å². The van der Waals surface area contributed by atoms with E-state index in [0.29, 0.717) is 25.9 Å². The number of carbonyl (C=O) groups excluding carboxylic acids is 2. The fraction of sp³-hybridized carbons (Fsp3) is 0.455. The van der Waals surface area contributed by atoms with Gasteiger partial charge in [0.25, 0.3) is 0 Å². The Morgan fingerprint density at radius 3 is 2.90 bits per heavy atom. The highest BCUT2D eigenvalue weighted by Gasteiger charge is 2.25. The molecular weight excluding hydrogens is 382 g/mol. The second kappa shape index (κ2) is 8.30. The molecule has 1 aliphatic rings. The molecule has 0 saturated carbocycles. The number of aromatic nitrogens is 3. The van der Waals surface area contributed by atoms with E-state index in [0.717, 1.165) is 40.3 Å². The summed E-state index contributed by atoms with van der Waals surface area (Å²) in [5, 5.41) is 7.08. The molecule has 0 spiro atoms. The van der Waals surface area contributed by atoms with Crippen molar-refractivity contribution in [3.8, 4) is 0 Å². The van der Waals surface area contributed by atoms with Gasteiger partial charge < -0.3 is 19.1 Å². The van der Waals surface area contributed by atoms with Gasteiger partial charge in [0.15, 0.2) is 0 Å². The first-order valence-electron chi connectivity index (χ1n) is 10.3. The average Bonchev–Trinajstić information content (AvgIpc) is 3.21. The topological polar surface area (TPSA) is 92.7 Å². The number of carbonyl (C=O) groups is 2. The van der Waals surface area contributed by atoms with Gasteiger partial charge in [0, 0.05) is 37.0 Å². The minimum Gasteiger partial charge on any atom is -0.361 e. The van der Waals surface area contributed by atoms with Crippen LogP contribution in [0.1, 0.15) is 47.5 Å². The molecule has 1 atom stereocenters. The second-order valence-electron chi connectivity index (χ2n) is 8.02. The predicted molar refractivity (Wildman–Crippen MR) is 111 cm³/mol. The molecule has 0 aromatic carbocycles. The van der Waals surface area contributed by atoms with Gasteiger partial charge in [0.1, 0.15) is 11.4 Å². The van der Waals surface area contributed by atoms with Gasteiger partial charge in [-0.15, -0.1) is 0 Å². The van der Waals surface area contributed by atoms with Crippen molar-refractivity contribution in [2.24, 2.45) is 0 Å². The molecule has 4 rings (SSSR count). The van der Waals surface area contributed by atoms with Crippen LogP contribution in [0.2, 0.25) is 0 Å². The quantitative estimate of drug-likeness (QED) is 0.699. The summed E-state index contributed by atoms with van der Waals surface area (Å²) in [6.45, 7) is 6.86. The molecule has 30 heavy (non-hydrogen) atoms. The maximum absolute atomic E-state index is 12.7. The van der Waals surface area contributed by atoms with Crippen molar-refractivity contribution >= 4 is 17.5 Å². The molecule has 0 radical (unpaired) electrons. The SMILES string of the molecule is Cc1noc(C)c1CN1CCC(NC(=O)Cc2cnc3c(C)cccn23)CCC1=O. The lowest BCUT2D eigenvalue weighted by atomic mass is 10.1. The lowest BCUT2D eigenvalue weighted by Crippen LogP contribution is -2.37. The van der Waals surface area contributed by atoms with Gasteiger partial charge in [0.2, 0.25) is 11.8 Å². The van der Waals surface area contributed by atoms with Crippen LogP contribution < -0.4 is 5.32 Å². The summed E-state index contributed by atoms with van der Waals surface area (Å²) in [5.74, 6) is 0.802. The van der Waals surface area contributed by atoms with Crippen molar-refractivity contribution in [1.82, 2.24) is 24.8 Å². The van der Waals surface area contributed by atoms with Crippen LogP contribution in [0.25, 0.3) is 5.65 Å². The van der Waals surface area contributed by atoms with Gasteiger partial charge in [-0.3, -0.25) is 9.59 Å². The highest BCUT2D eigenvalue weighted by Crippen LogP contribution is 2.20. The number of pyridine rings is 1. The van der Waals surface area contributed by atoms with Crippen LogP contribution in [0.3, 0.4) is 0 Å². The Morgan fingerprint density at radius 1 is 1.30 bits per heavy atom. The van der Waals surface area contributed by atoms with Crippen LogP contribution in [0, 0.1) is 20.8 Å². The summed E-state index contributed by atoms with van der Waals surface area (Å²) in [7, 11) is 0. The maximum Gasteiger partial charge on any atom is 0.226 e. The monoisotopic (exact) mass is 409 g/mol. The van der Waals surface area contributed by atoms with E-state index in [2.05, 4.69) is 15.5 Å². The van der Waals surface area contributed by atoms with Crippen molar-refractivity contribution in [2.75, 3.05) is 6.54 Å². The molecule has 4 heterocycles. The molecule has 8 heteroatoms. The molecule has 2 amide bonds. The molecule has 0 aliphatic carbocycles. The molecule has 1 aliphatic heterocycles. The third-order valence-electron chi connectivity index (χ3n) is 5.85. The number of imidazole rings is 1. The maximum atomic E-state index is 12.7. The van der Waals surface area contributed by atoms with Gasteiger partial charge in [-0.05, 0) is 45.2 Å². The van der Waals surface area contributed by atoms with E-state index in [4.69, 9.17) is 4.52 Å². The Bertz CT molecular complexity index is 1060. The summed E-state index contributed by atoms with van der Waals surface area (Å²) in [6.07, 6.45) is 5.74. The summed E-state index contributed by atoms with van der Waals surface area (Å²) < 4.78 is 7.17. The third kappa shape index (κ3) is 4.08. The number of hydrogen-bond acceptors (Lipinski definition) is 5. The number of amides is 2. The lowest BCUT2D eigenvalue weighted by molar-refractivity contribution is -0.131. The van der Waals surface area contributed by atoms with Crippen LogP contribution in [0.4, 0.5) is 0 Å². The number of rotatable bonds is 5. The van der Waals surface area contributed by atoms with Gasteiger partial charge in [-0.1, -0.05) is 11.2 Å². The van der Waals surface area contributed by atoms with Gasteiger partial charge in [0.05, 0.1) is 24.4 Å². The van der Waals surface area contributed by atoms with Crippen LogP contribution in [-0.4, -0.2) is 43.8 Å². The highest BCUT2D eigenvalue weighted by molar-refractivity contribution is 5.79. The fourth-order valence-electron chi connectivity index (χ4n) is 4.04. The Hall–Kier alpha value is -3.16. The normalized spacial score (nSPS) is 17.4. The Morgan fingerprint density at radius 2 is 2.13 bits per heavy atom. The summed E-state index contributed by atoms with van der Waals surface area (Å²) in [4.78, 5) is 31.5. The average molecular weight is 409 g/mol. The first-order valence-corrected chi connectivity index (χ1v) is 10.3. The molecule has 1 unspecified atom stereocenters. The fourth-order valence-corrected chi connectivity index (χ4v) is 4.04. The number of fused-ring (bicyclic) bond motifs is 1. The number of likely N-dealkylation sites (tertiary alicyclic amines) is 1. The molecule has 0 bridgehead atoms. The Balaban J connectivity index is 1.36. The molecule has 158 valence electrons. The van der Waals surface area contributed by atoms with Crippen molar-refractivity contribution in [3.05, 3.63) is 52.8 Å². The summed E-state index contributed by atoms with van der Waals surface area (Å²) in [6, 6.07) is 3.94. The molecule has 1 saturated heterocycles. The number of nitrogens with zero attached hydrogens (tertiary/aromatic N) is 4. The van der Waals surface area contributed by atoms with Crippen LogP contribution in [0.5, 0.6) is 0 Å². The summed E-state index contributed by atoms with van der Waals surface area (Å²) in [5.41, 5.74) is 4.59. The zero-order valence-electron chi connectivity index (χ0n) is 17.6. The smallest absolute Gasteiger partial charge is 0.226 e. The number of aryl methyl sites for hydroxylation is 3. The first-order chi connectivity index (χ1) is 14.4. The van der Waals surface area contributed by atoms with E-state index in [1.54, 1.807) is 6.20 Å². The van der Waals surface area contributed by atoms with Crippen LogP contribution >= 0.6 is 0 Å². The molecule has 1 N–H and O–H groups in total. The van der Waals surface area contributed by atoms with E-state index < -0.39 is 0 Å². The standard InChI is InChI=1S/C22H27N5O3/c1-14-5-4-9-27-18(12-23-22(14)27)11-20(28)24-17-6-7-21(29)26(10-8-17)13-19-15(2)25-30-16(19)3/h4-5,9,12,17H,6-8,10-11,13H2,1-3H3,(H,24,28). The van der Waals surface area contributed by atoms with Gasteiger partial charge >= 0.3 is 0 Å². The molecule has 3 aromatic rings. The minimum absolute atomic E-state index is 0.0166. The largest absolute Gasteiger partial charge is 0.361 e. The predicted octanol–water partition coefficient (Wildman–Crippen LogP) is 2.49. The van der Waals surface area contributed by atoms with Crippen molar-refractivity contribution in [2.45, 2.75) is 59.0 Å². The van der Waals surface area contributed by atoms with Crippen molar-refractivity contribution in [1.29, 1.82) is 0 Å². The number of nitrogens with one attached hydrogen (secondary N) is 1. The van der Waals surface area contributed by atoms with E-state index >= 15 is 0 Å². The molecule has 1 fully saturated rings. The van der Waals surface area contributed by atoms with Crippen LogP contribution in [0.15, 0.2) is 29.0 Å². The molecule has 3 aromatic heterocycles. The third-order valence-corrected chi connectivity index (χ3v) is 5.85. The molecule has 8 nitrogen and oxygen atoms in total. The van der Waals surface area contributed by atoms with E-state index in [9.17, 15) is 9.59 Å². The van der Waals surface area contributed by atoms with Gasteiger partial charge in [-0.2, -0.15) is 0 Å². The first kappa shape index (κ1) is 20.1.